The van der Waals surface area contributed by atoms with Crippen molar-refractivity contribution in [3.8, 4) is 5.69 Å². The summed E-state index contributed by atoms with van der Waals surface area (Å²) in [5.74, 6) is 1.69. The van der Waals surface area contributed by atoms with Gasteiger partial charge in [-0.3, -0.25) is 4.79 Å². The van der Waals surface area contributed by atoms with E-state index in [2.05, 4.69) is 20.7 Å². The van der Waals surface area contributed by atoms with E-state index in [1.165, 1.54) is 0 Å². The Bertz CT molecular complexity index is 769. The highest BCUT2D eigenvalue weighted by molar-refractivity contribution is 6.32. The fourth-order valence-electron chi connectivity index (χ4n) is 3.24. The van der Waals surface area contributed by atoms with E-state index < -0.39 is 0 Å². The molecule has 1 atom stereocenters. The van der Waals surface area contributed by atoms with Crippen LogP contribution in [-0.4, -0.2) is 40.3 Å². The normalized spacial score (nSPS) is 19.7. The number of aromatic nitrogens is 3. The molecule has 4 rings (SSSR count). The van der Waals surface area contributed by atoms with Gasteiger partial charge in [-0.1, -0.05) is 23.7 Å². The molecule has 1 aliphatic carbocycles. The Hall–Kier alpha value is -1.63. The van der Waals surface area contributed by atoms with Gasteiger partial charge in [-0.2, -0.15) is 0 Å². The minimum absolute atomic E-state index is 0. The highest BCUT2D eigenvalue weighted by atomic mass is 35.5. The zero-order chi connectivity index (χ0) is 17.2. The summed E-state index contributed by atoms with van der Waals surface area (Å²) in [4.78, 5) is 17.0. The van der Waals surface area contributed by atoms with E-state index in [9.17, 15) is 4.79 Å². The maximum Gasteiger partial charge on any atom is 0.290 e. The Kier molecular flexibility index (Phi) is 6.16. The van der Waals surface area contributed by atoms with Crippen LogP contribution in [0.2, 0.25) is 5.02 Å². The first kappa shape index (κ1) is 19.1. The lowest BCUT2D eigenvalue weighted by molar-refractivity contribution is 0.0934. The van der Waals surface area contributed by atoms with Gasteiger partial charge in [-0.25, -0.2) is 9.67 Å². The van der Waals surface area contributed by atoms with Gasteiger partial charge in [0.1, 0.15) is 5.82 Å². The van der Waals surface area contributed by atoms with Crippen LogP contribution in [0, 0.1) is 5.92 Å². The quantitative estimate of drug-likeness (QED) is 0.815. The summed E-state index contributed by atoms with van der Waals surface area (Å²) in [6, 6.07) is 7.52. The van der Waals surface area contributed by atoms with Crippen LogP contribution in [0.1, 0.15) is 48.0 Å². The van der Waals surface area contributed by atoms with Gasteiger partial charge in [0.15, 0.2) is 0 Å². The molecule has 2 N–H and O–H groups in total. The van der Waals surface area contributed by atoms with Gasteiger partial charge in [0.2, 0.25) is 5.82 Å². The van der Waals surface area contributed by atoms with Gasteiger partial charge < -0.3 is 10.6 Å². The number of piperidine rings is 1. The Morgan fingerprint density at radius 1 is 1.31 bits per heavy atom. The minimum Gasteiger partial charge on any atom is -0.349 e. The third-order valence-electron chi connectivity index (χ3n) is 4.81. The SMILES string of the molecule is Cl.O=C(NCC1CCCNC1)c1nc(C2CC2)n(-c2ccccc2Cl)n1. The number of benzene rings is 1. The molecule has 0 spiro atoms. The molecular formula is C18H23Cl2N5O. The average molecular weight is 396 g/mol. The van der Waals surface area contributed by atoms with Crippen LogP contribution in [0.3, 0.4) is 0 Å². The molecule has 140 valence electrons. The van der Waals surface area contributed by atoms with Crippen LogP contribution >= 0.6 is 24.0 Å². The molecule has 1 unspecified atom stereocenters. The van der Waals surface area contributed by atoms with Crippen LogP contribution in [0.5, 0.6) is 0 Å². The number of nitrogens with zero attached hydrogens (tertiary/aromatic N) is 3. The molecule has 1 saturated carbocycles. The smallest absolute Gasteiger partial charge is 0.290 e. The second-order valence-electron chi connectivity index (χ2n) is 6.85. The van der Waals surface area contributed by atoms with Crippen LogP contribution in [0.4, 0.5) is 0 Å². The second-order valence-corrected chi connectivity index (χ2v) is 7.26. The Morgan fingerprint density at radius 3 is 2.81 bits per heavy atom. The lowest BCUT2D eigenvalue weighted by atomic mass is 10.00. The molecule has 1 aliphatic heterocycles. The first-order valence-corrected chi connectivity index (χ1v) is 9.31. The lowest BCUT2D eigenvalue weighted by Crippen LogP contribution is -2.38. The Labute approximate surface area is 164 Å². The first-order chi connectivity index (χ1) is 12.2. The van der Waals surface area contributed by atoms with Crippen molar-refractivity contribution < 1.29 is 4.79 Å². The maximum atomic E-state index is 12.5. The van der Waals surface area contributed by atoms with Crippen molar-refractivity contribution in [1.29, 1.82) is 0 Å². The van der Waals surface area contributed by atoms with Crippen LogP contribution < -0.4 is 10.6 Å². The predicted molar refractivity (Wildman–Crippen MR) is 104 cm³/mol. The second kappa shape index (κ2) is 8.37. The number of halogens is 2. The molecule has 0 bridgehead atoms. The molecule has 2 aromatic rings. The van der Waals surface area contributed by atoms with Crippen molar-refractivity contribution in [2.45, 2.75) is 31.6 Å². The molecule has 0 radical (unpaired) electrons. The van der Waals surface area contributed by atoms with E-state index in [0.717, 1.165) is 50.3 Å². The number of hydrogen-bond acceptors (Lipinski definition) is 4. The fraction of sp³-hybridized carbons (Fsp3) is 0.500. The van der Waals surface area contributed by atoms with Crippen molar-refractivity contribution in [1.82, 2.24) is 25.4 Å². The summed E-state index contributed by atoms with van der Waals surface area (Å²) in [5.41, 5.74) is 0.772. The largest absolute Gasteiger partial charge is 0.349 e. The van der Waals surface area contributed by atoms with Crippen LogP contribution in [-0.2, 0) is 0 Å². The number of nitrogens with one attached hydrogen (secondary N) is 2. The maximum absolute atomic E-state index is 12.5. The van der Waals surface area contributed by atoms with Gasteiger partial charge in [0, 0.05) is 12.5 Å². The highest BCUT2D eigenvalue weighted by Crippen LogP contribution is 2.40. The molecule has 26 heavy (non-hydrogen) atoms. The monoisotopic (exact) mass is 395 g/mol. The third-order valence-corrected chi connectivity index (χ3v) is 5.13. The molecule has 1 aromatic heterocycles. The molecule has 1 aromatic carbocycles. The number of carbonyl (C=O) groups is 1. The van der Waals surface area contributed by atoms with Gasteiger partial charge in [-0.15, -0.1) is 17.5 Å². The van der Waals surface area contributed by atoms with Gasteiger partial charge in [0.25, 0.3) is 5.91 Å². The minimum atomic E-state index is -0.210. The molecule has 6 nitrogen and oxygen atoms in total. The highest BCUT2D eigenvalue weighted by Gasteiger charge is 2.32. The number of para-hydroxylation sites is 1. The van der Waals surface area contributed by atoms with E-state index in [4.69, 9.17) is 11.6 Å². The van der Waals surface area contributed by atoms with E-state index in [0.29, 0.717) is 23.4 Å². The Balaban J connectivity index is 0.00000196. The van der Waals surface area contributed by atoms with Crippen molar-refractivity contribution in [3.63, 3.8) is 0 Å². The van der Waals surface area contributed by atoms with Gasteiger partial charge in [0.05, 0.1) is 10.7 Å². The van der Waals surface area contributed by atoms with Crippen LogP contribution in [0.15, 0.2) is 24.3 Å². The standard InChI is InChI=1S/C18H22ClN5O.ClH/c19-14-5-1-2-6-15(14)24-17(13-7-8-13)22-16(23-24)18(25)21-11-12-4-3-9-20-10-12;/h1-2,5-6,12-13,20H,3-4,7-11H2,(H,21,25);1H. The number of carbonyl (C=O) groups excluding carboxylic acids is 1. The van der Waals surface area contributed by atoms with E-state index in [1.807, 2.05) is 24.3 Å². The van der Waals surface area contributed by atoms with Crippen molar-refractivity contribution >= 4 is 29.9 Å². The molecule has 2 heterocycles. The van der Waals surface area contributed by atoms with Crippen LogP contribution in [0.25, 0.3) is 5.69 Å². The summed E-state index contributed by atoms with van der Waals surface area (Å²) >= 11 is 6.31. The fourth-order valence-corrected chi connectivity index (χ4v) is 3.46. The van der Waals surface area contributed by atoms with E-state index >= 15 is 0 Å². The lowest BCUT2D eigenvalue weighted by Gasteiger charge is -2.22. The summed E-state index contributed by atoms with van der Waals surface area (Å²) < 4.78 is 1.73. The molecule has 1 saturated heterocycles. The van der Waals surface area contributed by atoms with Gasteiger partial charge in [-0.05, 0) is 56.8 Å². The first-order valence-electron chi connectivity index (χ1n) is 8.93. The molecule has 2 aliphatic rings. The summed E-state index contributed by atoms with van der Waals surface area (Å²) in [7, 11) is 0. The van der Waals surface area contributed by atoms with Gasteiger partial charge >= 0.3 is 0 Å². The van der Waals surface area contributed by atoms with Crippen molar-refractivity contribution in [3.05, 3.63) is 40.9 Å². The molecule has 8 heteroatoms. The third kappa shape index (κ3) is 4.19. The van der Waals surface area contributed by atoms with Crippen molar-refractivity contribution in [2.75, 3.05) is 19.6 Å². The number of amides is 1. The topological polar surface area (TPSA) is 71.8 Å². The summed E-state index contributed by atoms with van der Waals surface area (Å²) in [6.07, 6.45) is 4.46. The number of hydrogen-bond donors (Lipinski definition) is 2. The summed E-state index contributed by atoms with van der Waals surface area (Å²) in [5, 5.41) is 11.4. The Morgan fingerprint density at radius 2 is 2.12 bits per heavy atom. The molecule has 2 fully saturated rings. The average Bonchev–Trinajstić information content (AvgIpc) is 3.40. The number of rotatable bonds is 5. The zero-order valence-electron chi connectivity index (χ0n) is 14.4. The zero-order valence-corrected chi connectivity index (χ0v) is 16.0. The van der Waals surface area contributed by atoms with E-state index in [1.54, 1.807) is 4.68 Å². The summed E-state index contributed by atoms with van der Waals surface area (Å²) in [6.45, 7) is 2.68. The van der Waals surface area contributed by atoms with E-state index in [-0.39, 0.29) is 24.1 Å². The molecular weight excluding hydrogens is 373 g/mol. The predicted octanol–water partition coefficient (Wildman–Crippen LogP) is 2.95. The molecule has 1 amide bonds. The van der Waals surface area contributed by atoms with Crippen molar-refractivity contribution in [2.24, 2.45) is 5.92 Å².